The molecule has 1 N–H and O–H groups in total. The van der Waals surface area contributed by atoms with Gasteiger partial charge in [0.25, 0.3) is 5.91 Å². The van der Waals surface area contributed by atoms with Crippen LogP contribution in [0.3, 0.4) is 0 Å². The van der Waals surface area contributed by atoms with E-state index in [0.29, 0.717) is 11.5 Å². The fourth-order valence-corrected chi connectivity index (χ4v) is 3.51. The SMILES string of the molecule is Cc1ccc(C)c(Nc2cnc(C(=O)N3c4ccccc4CC3C)cn2)c1. The van der Waals surface area contributed by atoms with Gasteiger partial charge in [-0.15, -0.1) is 0 Å². The van der Waals surface area contributed by atoms with E-state index in [9.17, 15) is 4.79 Å². The minimum absolute atomic E-state index is 0.113. The molecule has 0 aliphatic carbocycles. The van der Waals surface area contributed by atoms with Gasteiger partial charge >= 0.3 is 0 Å². The van der Waals surface area contributed by atoms with Crippen molar-refractivity contribution < 1.29 is 4.79 Å². The summed E-state index contributed by atoms with van der Waals surface area (Å²) in [6.45, 7) is 6.15. The Morgan fingerprint density at radius 1 is 1.11 bits per heavy atom. The lowest BCUT2D eigenvalue weighted by atomic mass is 10.1. The first-order valence-corrected chi connectivity index (χ1v) is 9.11. The van der Waals surface area contributed by atoms with Gasteiger partial charge < -0.3 is 10.2 Å². The molecule has 1 aliphatic heterocycles. The molecule has 0 saturated carbocycles. The van der Waals surface area contributed by atoms with Crippen molar-refractivity contribution in [3.63, 3.8) is 0 Å². The van der Waals surface area contributed by atoms with Crippen LogP contribution < -0.4 is 10.2 Å². The Bertz CT molecular complexity index is 997. The number of benzene rings is 2. The molecule has 5 heteroatoms. The van der Waals surface area contributed by atoms with E-state index in [2.05, 4.69) is 46.5 Å². The molecule has 0 saturated heterocycles. The number of carbonyl (C=O) groups is 1. The van der Waals surface area contributed by atoms with Crippen LogP contribution >= 0.6 is 0 Å². The molecule has 0 fully saturated rings. The summed E-state index contributed by atoms with van der Waals surface area (Å²) in [5, 5.41) is 3.27. The van der Waals surface area contributed by atoms with Gasteiger partial charge in [-0.25, -0.2) is 9.97 Å². The van der Waals surface area contributed by atoms with Gasteiger partial charge in [0.2, 0.25) is 0 Å². The quantitative estimate of drug-likeness (QED) is 0.752. The normalized spacial score (nSPS) is 15.5. The first-order valence-electron chi connectivity index (χ1n) is 9.11. The Kier molecular flexibility index (Phi) is 4.36. The Balaban J connectivity index is 1.56. The second kappa shape index (κ2) is 6.83. The van der Waals surface area contributed by atoms with Gasteiger partial charge in [-0.1, -0.05) is 30.3 Å². The molecule has 0 spiro atoms. The van der Waals surface area contributed by atoms with Gasteiger partial charge in [0, 0.05) is 17.4 Å². The maximum Gasteiger partial charge on any atom is 0.278 e. The highest BCUT2D eigenvalue weighted by atomic mass is 16.2. The molecule has 2 heterocycles. The summed E-state index contributed by atoms with van der Waals surface area (Å²) in [6, 6.07) is 14.3. The highest BCUT2D eigenvalue weighted by molar-refractivity contribution is 6.06. The van der Waals surface area contributed by atoms with Crippen LogP contribution in [-0.2, 0) is 6.42 Å². The summed E-state index contributed by atoms with van der Waals surface area (Å²) in [6.07, 6.45) is 4.02. The number of aryl methyl sites for hydroxylation is 2. The average Bonchev–Trinajstić information content (AvgIpc) is 3.00. The van der Waals surface area contributed by atoms with Crippen molar-refractivity contribution in [3.8, 4) is 0 Å². The molecule has 2 aromatic carbocycles. The number of fused-ring (bicyclic) bond motifs is 1. The number of rotatable bonds is 3. The minimum atomic E-state index is -0.113. The third kappa shape index (κ3) is 3.28. The summed E-state index contributed by atoms with van der Waals surface area (Å²) in [5.74, 6) is 0.508. The summed E-state index contributed by atoms with van der Waals surface area (Å²) < 4.78 is 0. The number of nitrogens with zero attached hydrogens (tertiary/aromatic N) is 3. The molecule has 4 rings (SSSR count). The molecule has 136 valence electrons. The molecule has 1 amide bonds. The monoisotopic (exact) mass is 358 g/mol. The first-order chi connectivity index (χ1) is 13.0. The van der Waals surface area contributed by atoms with Gasteiger partial charge in [0.15, 0.2) is 0 Å². The van der Waals surface area contributed by atoms with E-state index in [1.54, 1.807) is 12.4 Å². The molecular formula is C22H22N4O. The van der Waals surface area contributed by atoms with Crippen LogP contribution in [0.5, 0.6) is 0 Å². The van der Waals surface area contributed by atoms with Gasteiger partial charge in [0.05, 0.1) is 12.4 Å². The Labute approximate surface area is 159 Å². The number of para-hydroxylation sites is 1. The zero-order chi connectivity index (χ0) is 19.0. The molecule has 0 radical (unpaired) electrons. The molecule has 1 aliphatic rings. The van der Waals surface area contributed by atoms with Crippen LogP contribution in [0.2, 0.25) is 0 Å². The Hall–Kier alpha value is -3.21. The summed E-state index contributed by atoms with van der Waals surface area (Å²) in [5.41, 5.74) is 5.80. The van der Waals surface area contributed by atoms with Crippen molar-refractivity contribution in [2.45, 2.75) is 33.2 Å². The third-order valence-corrected chi connectivity index (χ3v) is 4.95. The van der Waals surface area contributed by atoms with Crippen LogP contribution in [0, 0.1) is 13.8 Å². The Morgan fingerprint density at radius 2 is 1.93 bits per heavy atom. The van der Waals surface area contributed by atoms with Crippen molar-refractivity contribution in [1.29, 1.82) is 0 Å². The largest absolute Gasteiger partial charge is 0.339 e. The number of amides is 1. The molecule has 5 nitrogen and oxygen atoms in total. The predicted molar refractivity (Wildman–Crippen MR) is 108 cm³/mol. The fraction of sp³-hybridized carbons (Fsp3) is 0.227. The highest BCUT2D eigenvalue weighted by Gasteiger charge is 2.31. The topological polar surface area (TPSA) is 58.1 Å². The molecule has 1 unspecified atom stereocenters. The lowest BCUT2D eigenvalue weighted by Crippen LogP contribution is -2.36. The van der Waals surface area contributed by atoms with Crippen molar-refractivity contribution >= 4 is 23.1 Å². The van der Waals surface area contributed by atoms with Crippen LogP contribution in [0.15, 0.2) is 54.9 Å². The van der Waals surface area contributed by atoms with E-state index in [-0.39, 0.29) is 11.9 Å². The number of hydrogen-bond acceptors (Lipinski definition) is 4. The molecule has 1 aromatic heterocycles. The molecule has 3 aromatic rings. The number of anilines is 3. The lowest BCUT2D eigenvalue weighted by Gasteiger charge is -2.22. The van der Waals surface area contributed by atoms with E-state index in [4.69, 9.17) is 0 Å². The summed E-state index contributed by atoms with van der Waals surface area (Å²) in [7, 11) is 0. The lowest BCUT2D eigenvalue weighted by molar-refractivity contribution is 0.0976. The van der Waals surface area contributed by atoms with Crippen LogP contribution in [-0.4, -0.2) is 21.9 Å². The van der Waals surface area contributed by atoms with Crippen molar-refractivity contribution in [1.82, 2.24) is 9.97 Å². The second-order valence-corrected chi connectivity index (χ2v) is 7.09. The standard InChI is InChI=1S/C22H22N4O/c1-14-8-9-15(2)18(10-14)25-21-13-23-19(12-24-21)22(27)26-16(3)11-17-6-4-5-7-20(17)26/h4-10,12-13,16H,11H2,1-3H3,(H,24,25). The summed E-state index contributed by atoms with van der Waals surface area (Å²) >= 11 is 0. The van der Waals surface area contributed by atoms with E-state index in [0.717, 1.165) is 23.4 Å². The second-order valence-electron chi connectivity index (χ2n) is 7.09. The van der Waals surface area contributed by atoms with Crippen molar-refractivity contribution in [2.24, 2.45) is 0 Å². The molecule has 1 atom stereocenters. The van der Waals surface area contributed by atoms with Gasteiger partial charge in [-0.3, -0.25) is 4.79 Å². The molecular weight excluding hydrogens is 336 g/mol. The molecule has 27 heavy (non-hydrogen) atoms. The highest BCUT2D eigenvalue weighted by Crippen LogP contribution is 2.32. The van der Waals surface area contributed by atoms with E-state index >= 15 is 0 Å². The van der Waals surface area contributed by atoms with E-state index in [1.807, 2.05) is 36.9 Å². The van der Waals surface area contributed by atoms with Gasteiger partial charge in [0.1, 0.15) is 11.5 Å². The smallest absolute Gasteiger partial charge is 0.278 e. The number of carbonyl (C=O) groups excluding carboxylic acids is 1. The van der Waals surface area contributed by atoms with E-state index in [1.165, 1.54) is 11.1 Å². The van der Waals surface area contributed by atoms with E-state index < -0.39 is 0 Å². The fourth-order valence-electron chi connectivity index (χ4n) is 3.51. The zero-order valence-electron chi connectivity index (χ0n) is 15.7. The number of hydrogen-bond donors (Lipinski definition) is 1. The maximum absolute atomic E-state index is 13.0. The van der Waals surface area contributed by atoms with Crippen molar-refractivity contribution in [2.75, 3.05) is 10.2 Å². The zero-order valence-corrected chi connectivity index (χ0v) is 15.7. The Morgan fingerprint density at radius 3 is 2.70 bits per heavy atom. The number of aromatic nitrogens is 2. The third-order valence-electron chi connectivity index (χ3n) is 4.95. The first kappa shape index (κ1) is 17.2. The maximum atomic E-state index is 13.0. The van der Waals surface area contributed by atoms with Crippen molar-refractivity contribution in [3.05, 3.63) is 77.2 Å². The minimum Gasteiger partial charge on any atom is -0.339 e. The van der Waals surface area contributed by atoms with Crippen LogP contribution in [0.25, 0.3) is 0 Å². The van der Waals surface area contributed by atoms with Gasteiger partial charge in [-0.05, 0) is 56.0 Å². The summed E-state index contributed by atoms with van der Waals surface area (Å²) in [4.78, 5) is 23.6. The van der Waals surface area contributed by atoms with Crippen LogP contribution in [0.4, 0.5) is 17.2 Å². The van der Waals surface area contributed by atoms with Crippen LogP contribution in [0.1, 0.15) is 34.1 Å². The molecule has 0 bridgehead atoms. The number of nitrogens with one attached hydrogen (secondary N) is 1. The average molecular weight is 358 g/mol. The van der Waals surface area contributed by atoms with Gasteiger partial charge in [-0.2, -0.15) is 0 Å². The predicted octanol–water partition coefficient (Wildman–Crippen LogP) is 4.43.